The monoisotopic (exact) mass is 188 g/mol. The third-order valence-corrected chi connectivity index (χ3v) is 1.97. The molecular formula is C8H16N2O3. The average Bonchev–Trinajstić information content (AvgIpc) is 2.18. The Bertz CT molecular complexity index is 175. The summed E-state index contributed by atoms with van der Waals surface area (Å²) in [7, 11) is 1.59. The van der Waals surface area contributed by atoms with E-state index in [4.69, 9.17) is 9.47 Å². The van der Waals surface area contributed by atoms with Crippen LogP contribution in [0, 0.1) is 0 Å². The van der Waals surface area contributed by atoms with Crippen molar-refractivity contribution in [3.05, 3.63) is 0 Å². The van der Waals surface area contributed by atoms with Gasteiger partial charge in [-0.25, -0.2) is 4.79 Å². The lowest BCUT2D eigenvalue weighted by Crippen LogP contribution is -2.54. The van der Waals surface area contributed by atoms with Gasteiger partial charge in [0, 0.05) is 26.7 Å². The molecule has 0 aromatic heterocycles. The van der Waals surface area contributed by atoms with E-state index in [0.29, 0.717) is 19.7 Å². The molecule has 0 saturated carbocycles. The van der Waals surface area contributed by atoms with Crippen LogP contribution in [0.15, 0.2) is 0 Å². The standard InChI is InChI=1S/C8H16N2O3/c1-3-13-8(11)10-5-4-9-6-7(10)12-2/h7,9H,3-6H2,1-2H3. The number of nitrogens with one attached hydrogen (secondary N) is 1. The number of carbonyl (C=O) groups excluding carboxylic acids is 1. The summed E-state index contributed by atoms with van der Waals surface area (Å²) < 4.78 is 10.0. The first-order valence-corrected chi connectivity index (χ1v) is 4.46. The Balaban J connectivity index is 2.48. The first-order valence-electron chi connectivity index (χ1n) is 4.46. The Morgan fingerprint density at radius 2 is 2.46 bits per heavy atom. The van der Waals surface area contributed by atoms with Crippen LogP contribution in [0.3, 0.4) is 0 Å². The van der Waals surface area contributed by atoms with Crippen LogP contribution in [0.4, 0.5) is 4.79 Å². The van der Waals surface area contributed by atoms with Crippen LogP contribution in [0.1, 0.15) is 6.92 Å². The molecule has 1 saturated heterocycles. The van der Waals surface area contributed by atoms with E-state index in [1.807, 2.05) is 0 Å². The normalized spacial score (nSPS) is 22.9. The fourth-order valence-electron chi connectivity index (χ4n) is 1.31. The lowest BCUT2D eigenvalue weighted by Gasteiger charge is -2.33. The minimum absolute atomic E-state index is 0.201. The van der Waals surface area contributed by atoms with Crippen LogP contribution < -0.4 is 5.32 Å². The Morgan fingerprint density at radius 3 is 3.08 bits per heavy atom. The fourth-order valence-corrected chi connectivity index (χ4v) is 1.31. The number of rotatable bonds is 2. The predicted octanol–water partition coefficient (Wildman–Crippen LogP) is 0.0206. The minimum Gasteiger partial charge on any atom is -0.450 e. The van der Waals surface area contributed by atoms with E-state index in [0.717, 1.165) is 6.54 Å². The zero-order chi connectivity index (χ0) is 9.68. The average molecular weight is 188 g/mol. The van der Waals surface area contributed by atoms with Crippen molar-refractivity contribution in [1.29, 1.82) is 0 Å². The topological polar surface area (TPSA) is 50.8 Å². The van der Waals surface area contributed by atoms with Crippen molar-refractivity contribution in [3.8, 4) is 0 Å². The maximum atomic E-state index is 11.4. The molecule has 0 aromatic rings. The van der Waals surface area contributed by atoms with Gasteiger partial charge in [0.1, 0.15) is 6.23 Å². The zero-order valence-electron chi connectivity index (χ0n) is 8.08. The number of methoxy groups -OCH3 is 1. The highest BCUT2D eigenvalue weighted by Crippen LogP contribution is 2.05. The maximum absolute atomic E-state index is 11.4. The van der Waals surface area contributed by atoms with Crippen molar-refractivity contribution in [3.63, 3.8) is 0 Å². The first-order chi connectivity index (χ1) is 6.29. The van der Waals surface area contributed by atoms with Gasteiger partial charge in [-0.1, -0.05) is 0 Å². The summed E-state index contributed by atoms with van der Waals surface area (Å²) in [6, 6.07) is 0. The highest BCUT2D eigenvalue weighted by Gasteiger charge is 2.26. The van der Waals surface area contributed by atoms with Crippen LogP contribution in [0.2, 0.25) is 0 Å². The molecule has 13 heavy (non-hydrogen) atoms. The second kappa shape index (κ2) is 5.04. The van der Waals surface area contributed by atoms with Crippen LogP contribution in [-0.2, 0) is 9.47 Å². The van der Waals surface area contributed by atoms with Crippen molar-refractivity contribution >= 4 is 6.09 Å². The van der Waals surface area contributed by atoms with Crippen molar-refractivity contribution < 1.29 is 14.3 Å². The molecule has 1 fully saturated rings. The summed E-state index contributed by atoms with van der Waals surface area (Å²) in [4.78, 5) is 13.0. The summed E-state index contributed by atoms with van der Waals surface area (Å²) in [5.41, 5.74) is 0. The fraction of sp³-hybridized carbons (Fsp3) is 0.875. The van der Waals surface area contributed by atoms with Crippen molar-refractivity contribution in [2.45, 2.75) is 13.2 Å². The molecule has 0 radical (unpaired) electrons. The molecule has 1 heterocycles. The lowest BCUT2D eigenvalue weighted by molar-refractivity contribution is -0.0395. The van der Waals surface area contributed by atoms with Crippen LogP contribution >= 0.6 is 0 Å². The molecule has 0 bridgehead atoms. The second-order valence-corrected chi connectivity index (χ2v) is 2.79. The van der Waals surface area contributed by atoms with Gasteiger partial charge >= 0.3 is 6.09 Å². The summed E-state index contributed by atoms with van der Waals surface area (Å²) in [5.74, 6) is 0. The molecule has 1 aliphatic heterocycles. The Labute approximate surface area is 78.0 Å². The van der Waals surface area contributed by atoms with Gasteiger partial charge in [-0.2, -0.15) is 0 Å². The van der Waals surface area contributed by atoms with E-state index >= 15 is 0 Å². The summed E-state index contributed by atoms with van der Waals surface area (Å²) in [6.45, 7) is 4.28. The van der Waals surface area contributed by atoms with Gasteiger partial charge in [0.15, 0.2) is 0 Å². The number of hydrogen-bond acceptors (Lipinski definition) is 4. The van der Waals surface area contributed by atoms with Gasteiger partial charge < -0.3 is 14.8 Å². The van der Waals surface area contributed by atoms with E-state index in [9.17, 15) is 4.79 Å². The van der Waals surface area contributed by atoms with Gasteiger partial charge in [0.25, 0.3) is 0 Å². The van der Waals surface area contributed by atoms with E-state index in [2.05, 4.69) is 5.32 Å². The van der Waals surface area contributed by atoms with Gasteiger partial charge in [-0.15, -0.1) is 0 Å². The third kappa shape index (κ3) is 2.57. The van der Waals surface area contributed by atoms with Crippen molar-refractivity contribution in [1.82, 2.24) is 10.2 Å². The second-order valence-electron chi connectivity index (χ2n) is 2.79. The van der Waals surface area contributed by atoms with E-state index < -0.39 is 0 Å². The first kappa shape index (κ1) is 10.3. The molecule has 1 unspecified atom stereocenters. The molecule has 5 heteroatoms. The van der Waals surface area contributed by atoms with E-state index in [1.165, 1.54) is 0 Å². The molecule has 1 rings (SSSR count). The number of nitrogens with zero attached hydrogens (tertiary/aromatic N) is 1. The van der Waals surface area contributed by atoms with Gasteiger partial charge in [0.2, 0.25) is 0 Å². The van der Waals surface area contributed by atoms with Crippen LogP contribution in [0.25, 0.3) is 0 Å². The van der Waals surface area contributed by atoms with Crippen molar-refractivity contribution in [2.75, 3.05) is 33.4 Å². The number of carbonyl (C=O) groups is 1. The largest absolute Gasteiger partial charge is 0.450 e. The van der Waals surface area contributed by atoms with E-state index in [1.54, 1.807) is 18.9 Å². The molecule has 0 aliphatic carbocycles. The Morgan fingerprint density at radius 1 is 1.69 bits per heavy atom. The molecule has 1 aliphatic rings. The zero-order valence-corrected chi connectivity index (χ0v) is 8.08. The highest BCUT2D eigenvalue weighted by molar-refractivity contribution is 5.68. The minimum atomic E-state index is -0.296. The lowest BCUT2D eigenvalue weighted by atomic mass is 10.3. The molecule has 1 N–H and O–H groups in total. The number of hydrogen-bond donors (Lipinski definition) is 1. The Hall–Kier alpha value is -0.810. The molecule has 76 valence electrons. The van der Waals surface area contributed by atoms with Gasteiger partial charge in [-0.3, -0.25) is 4.90 Å². The highest BCUT2D eigenvalue weighted by atomic mass is 16.6. The van der Waals surface area contributed by atoms with Crippen molar-refractivity contribution in [2.24, 2.45) is 0 Å². The molecule has 1 amide bonds. The third-order valence-electron chi connectivity index (χ3n) is 1.97. The van der Waals surface area contributed by atoms with E-state index in [-0.39, 0.29) is 12.3 Å². The molecule has 0 aromatic carbocycles. The quantitative estimate of drug-likeness (QED) is 0.663. The number of ether oxygens (including phenoxy) is 2. The maximum Gasteiger partial charge on any atom is 0.411 e. The summed E-state index contributed by atoms with van der Waals surface area (Å²) in [6.07, 6.45) is -0.497. The molecule has 1 atom stereocenters. The van der Waals surface area contributed by atoms with Crippen LogP contribution in [-0.4, -0.2) is 50.6 Å². The molecular weight excluding hydrogens is 172 g/mol. The summed E-state index contributed by atoms with van der Waals surface area (Å²) in [5, 5.41) is 3.14. The predicted molar refractivity (Wildman–Crippen MR) is 47.4 cm³/mol. The summed E-state index contributed by atoms with van der Waals surface area (Å²) >= 11 is 0. The SMILES string of the molecule is CCOC(=O)N1CCNCC1OC. The number of amides is 1. The molecule has 0 spiro atoms. The van der Waals surface area contributed by atoms with Gasteiger partial charge in [0.05, 0.1) is 6.61 Å². The number of piperazine rings is 1. The molecule has 5 nitrogen and oxygen atoms in total. The van der Waals surface area contributed by atoms with Crippen LogP contribution in [0.5, 0.6) is 0 Å². The van der Waals surface area contributed by atoms with Gasteiger partial charge in [-0.05, 0) is 6.92 Å². The Kier molecular flexibility index (Phi) is 3.98. The smallest absolute Gasteiger partial charge is 0.411 e.